The first-order valence-corrected chi connectivity index (χ1v) is 7.84. The molecule has 3 nitrogen and oxygen atoms in total. The van der Waals surface area contributed by atoms with Gasteiger partial charge in [-0.25, -0.2) is 0 Å². The van der Waals surface area contributed by atoms with Gasteiger partial charge in [-0.05, 0) is 44.2 Å². The summed E-state index contributed by atoms with van der Waals surface area (Å²) in [7, 11) is 2.14. The number of aryl methyl sites for hydroxylation is 1. The van der Waals surface area contributed by atoms with Crippen LogP contribution in [0.15, 0.2) is 36.7 Å². The third-order valence-electron chi connectivity index (χ3n) is 3.56. The lowest BCUT2D eigenvalue weighted by molar-refractivity contribution is 0.205. The Balaban J connectivity index is 2.18. The third kappa shape index (κ3) is 3.66. The summed E-state index contributed by atoms with van der Waals surface area (Å²) in [5.41, 5.74) is 7.58. The number of aromatic nitrogens is 1. The molecule has 2 rings (SSSR count). The average molecular weight is 289 g/mol. The third-order valence-corrected chi connectivity index (χ3v) is 4.63. The molecule has 0 radical (unpaired) electrons. The first kappa shape index (κ1) is 15.2. The highest BCUT2D eigenvalue weighted by atomic mass is 32.1. The predicted molar refractivity (Wildman–Crippen MR) is 85.8 cm³/mol. The van der Waals surface area contributed by atoms with E-state index in [0.717, 1.165) is 13.0 Å². The van der Waals surface area contributed by atoms with Crippen LogP contribution in [0.5, 0.6) is 0 Å². The second-order valence-electron chi connectivity index (χ2n) is 5.24. The Morgan fingerprint density at radius 3 is 2.70 bits per heavy atom. The molecule has 0 aliphatic carbocycles. The van der Waals surface area contributed by atoms with E-state index in [9.17, 15) is 0 Å². The Hall–Kier alpha value is -1.23. The van der Waals surface area contributed by atoms with Crippen molar-refractivity contribution in [1.29, 1.82) is 0 Å². The SMILES string of the molecule is CCC(N)C(c1ccc(C)s1)N(C)Cc1cccnc1. The smallest absolute Gasteiger partial charge is 0.0593 e. The number of pyridine rings is 1. The number of hydrogen-bond donors (Lipinski definition) is 1. The van der Waals surface area contributed by atoms with Gasteiger partial charge in [-0.15, -0.1) is 11.3 Å². The average Bonchev–Trinajstić information content (AvgIpc) is 2.86. The van der Waals surface area contributed by atoms with Gasteiger partial charge in [0.25, 0.3) is 0 Å². The molecule has 0 fully saturated rings. The van der Waals surface area contributed by atoms with Crippen LogP contribution in [0.3, 0.4) is 0 Å². The molecule has 108 valence electrons. The van der Waals surface area contributed by atoms with Crippen molar-refractivity contribution in [1.82, 2.24) is 9.88 Å². The molecule has 2 atom stereocenters. The Labute approximate surface area is 125 Å². The Kier molecular flexibility index (Phi) is 5.29. The molecule has 20 heavy (non-hydrogen) atoms. The van der Waals surface area contributed by atoms with Crippen molar-refractivity contribution >= 4 is 11.3 Å². The molecule has 0 saturated heterocycles. The Morgan fingerprint density at radius 1 is 1.35 bits per heavy atom. The van der Waals surface area contributed by atoms with Crippen LogP contribution in [0.25, 0.3) is 0 Å². The van der Waals surface area contributed by atoms with Crippen LogP contribution in [-0.4, -0.2) is 23.0 Å². The van der Waals surface area contributed by atoms with E-state index in [0.29, 0.717) is 0 Å². The number of nitrogens with two attached hydrogens (primary N) is 1. The highest BCUT2D eigenvalue weighted by molar-refractivity contribution is 7.12. The Bertz CT molecular complexity index is 524. The van der Waals surface area contributed by atoms with E-state index in [2.05, 4.69) is 49.0 Å². The standard InChI is InChI=1S/C16H23N3S/c1-4-14(17)16(15-8-7-12(2)20-15)19(3)11-13-6-5-9-18-10-13/h5-10,14,16H,4,11,17H2,1-3H3. The minimum atomic E-state index is 0.148. The molecule has 0 bridgehead atoms. The van der Waals surface area contributed by atoms with E-state index in [1.807, 2.05) is 23.6 Å². The number of nitrogens with zero attached hydrogens (tertiary/aromatic N) is 2. The molecule has 0 amide bonds. The highest BCUT2D eigenvalue weighted by Gasteiger charge is 2.24. The van der Waals surface area contributed by atoms with Crippen molar-refractivity contribution in [3.05, 3.63) is 52.0 Å². The normalized spacial score (nSPS) is 14.4. The highest BCUT2D eigenvalue weighted by Crippen LogP contribution is 2.30. The largest absolute Gasteiger partial charge is 0.326 e. The summed E-state index contributed by atoms with van der Waals surface area (Å²) >= 11 is 1.84. The van der Waals surface area contributed by atoms with E-state index in [1.165, 1.54) is 15.3 Å². The molecule has 0 aliphatic rings. The van der Waals surface area contributed by atoms with E-state index >= 15 is 0 Å². The summed E-state index contributed by atoms with van der Waals surface area (Å²) in [4.78, 5) is 9.20. The minimum absolute atomic E-state index is 0.148. The molecule has 2 heterocycles. The summed E-state index contributed by atoms with van der Waals surface area (Å²) in [6, 6.07) is 8.88. The monoisotopic (exact) mass is 289 g/mol. The lowest BCUT2D eigenvalue weighted by Gasteiger charge is -2.31. The molecule has 4 heteroatoms. The van der Waals surface area contributed by atoms with Crippen molar-refractivity contribution in [3.63, 3.8) is 0 Å². The molecular weight excluding hydrogens is 266 g/mol. The predicted octanol–water partition coefficient (Wildman–Crippen LogP) is 3.36. The van der Waals surface area contributed by atoms with Gasteiger partial charge in [0.15, 0.2) is 0 Å². The zero-order valence-corrected chi connectivity index (χ0v) is 13.2. The van der Waals surface area contributed by atoms with Crippen LogP contribution < -0.4 is 5.73 Å². The van der Waals surface area contributed by atoms with Crippen molar-refractivity contribution in [2.45, 2.75) is 38.9 Å². The summed E-state index contributed by atoms with van der Waals surface area (Å²) in [5.74, 6) is 0. The maximum atomic E-state index is 6.36. The molecule has 2 aromatic rings. The number of thiophene rings is 1. The second kappa shape index (κ2) is 6.97. The molecular formula is C16H23N3S. The fraction of sp³-hybridized carbons (Fsp3) is 0.438. The molecule has 0 aromatic carbocycles. The molecule has 2 unspecified atom stereocenters. The van der Waals surface area contributed by atoms with Gasteiger partial charge in [-0.2, -0.15) is 0 Å². The van der Waals surface area contributed by atoms with Crippen molar-refractivity contribution in [3.8, 4) is 0 Å². The maximum Gasteiger partial charge on any atom is 0.0593 e. The zero-order chi connectivity index (χ0) is 14.5. The summed E-state index contributed by atoms with van der Waals surface area (Å²) in [5, 5.41) is 0. The van der Waals surface area contributed by atoms with Gasteiger partial charge in [-0.3, -0.25) is 9.88 Å². The number of likely N-dealkylation sites (N-methyl/N-ethyl adjacent to an activating group) is 1. The molecule has 2 N–H and O–H groups in total. The topological polar surface area (TPSA) is 42.1 Å². The van der Waals surface area contributed by atoms with E-state index in [1.54, 1.807) is 6.20 Å². The first-order chi connectivity index (χ1) is 9.61. The fourth-order valence-corrected chi connectivity index (χ4v) is 3.59. The first-order valence-electron chi connectivity index (χ1n) is 7.03. The second-order valence-corrected chi connectivity index (χ2v) is 6.56. The van der Waals surface area contributed by atoms with Crippen LogP contribution in [0.2, 0.25) is 0 Å². The lowest BCUT2D eigenvalue weighted by atomic mass is 10.0. The number of hydrogen-bond acceptors (Lipinski definition) is 4. The summed E-state index contributed by atoms with van der Waals surface area (Å²) < 4.78 is 0. The van der Waals surface area contributed by atoms with Crippen LogP contribution >= 0.6 is 11.3 Å². The van der Waals surface area contributed by atoms with Gasteiger partial charge >= 0.3 is 0 Å². The van der Waals surface area contributed by atoms with E-state index < -0.39 is 0 Å². The van der Waals surface area contributed by atoms with Gasteiger partial charge < -0.3 is 5.73 Å². The van der Waals surface area contributed by atoms with E-state index in [-0.39, 0.29) is 12.1 Å². The van der Waals surface area contributed by atoms with E-state index in [4.69, 9.17) is 5.73 Å². The zero-order valence-electron chi connectivity index (χ0n) is 12.4. The van der Waals surface area contributed by atoms with Gasteiger partial charge in [0.1, 0.15) is 0 Å². The summed E-state index contributed by atoms with van der Waals surface area (Å²) in [6.07, 6.45) is 4.70. The molecule has 0 spiro atoms. The van der Waals surface area contributed by atoms with Crippen molar-refractivity contribution in [2.24, 2.45) is 5.73 Å². The minimum Gasteiger partial charge on any atom is -0.326 e. The van der Waals surface area contributed by atoms with Gasteiger partial charge in [0.2, 0.25) is 0 Å². The van der Waals surface area contributed by atoms with Crippen LogP contribution in [0.4, 0.5) is 0 Å². The maximum absolute atomic E-state index is 6.36. The number of rotatable bonds is 6. The lowest BCUT2D eigenvalue weighted by Crippen LogP contribution is -2.38. The molecule has 0 saturated carbocycles. The molecule has 0 aliphatic heterocycles. The Morgan fingerprint density at radius 2 is 2.15 bits per heavy atom. The van der Waals surface area contributed by atoms with Gasteiger partial charge in [-0.1, -0.05) is 13.0 Å². The van der Waals surface area contributed by atoms with Crippen molar-refractivity contribution in [2.75, 3.05) is 7.05 Å². The fourth-order valence-electron chi connectivity index (χ4n) is 2.47. The quantitative estimate of drug-likeness (QED) is 0.886. The van der Waals surface area contributed by atoms with Gasteiger partial charge in [0.05, 0.1) is 6.04 Å². The van der Waals surface area contributed by atoms with Crippen LogP contribution in [-0.2, 0) is 6.54 Å². The summed E-state index contributed by atoms with van der Waals surface area (Å²) in [6.45, 7) is 5.16. The van der Waals surface area contributed by atoms with Crippen LogP contribution in [0.1, 0.15) is 34.7 Å². The van der Waals surface area contributed by atoms with Gasteiger partial charge in [0, 0.05) is 34.7 Å². The van der Waals surface area contributed by atoms with Crippen molar-refractivity contribution < 1.29 is 0 Å². The van der Waals surface area contributed by atoms with Crippen LogP contribution in [0, 0.1) is 6.92 Å². The molecule has 2 aromatic heterocycles.